The molecule has 1 saturated heterocycles. The molecule has 2 amide bonds. The molecule has 8 heteroatoms. The van der Waals surface area contributed by atoms with E-state index in [1.807, 2.05) is 18.2 Å². The summed E-state index contributed by atoms with van der Waals surface area (Å²) in [5.41, 5.74) is 15.2. The lowest BCUT2D eigenvalue weighted by Crippen LogP contribution is -2.46. The highest BCUT2D eigenvalue weighted by atomic mass is 16.2. The maximum Gasteiger partial charge on any atom is 0.267 e. The van der Waals surface area contributed by atoms with E-state index < -0.39 is 5.91 Å². The van der Waals surface area contributed by atoms with E-state index in [0.29, 0.717) is 22.5 Å². The topological polar surface area (TPSA) is 118 Å². The van der Waals surface area contributed by atoms with E-state index in [9.17, 15) is 9.59 Å². The Hall–Kier alpha value is -3.78. The Bertz CT molecular complexity index is 1200. The largest absolute Gasteiger partial charge is 0.396 e. The molecule has 1 aromatic carbocycles. The van der Waals surface area contributed by atoms with Gasteiger partial charge < -0.3 is 21.3 Å². The van der Waals surface area contributed by atoms with E-state index in [4.69, 9.17) is 11.5 Å². The van der Waals surface area contributed by atoms with Crippen LogP contribution < -0.4 is 16.4 Å². The van der Waals surface area contributed by atoms with Gasteiger partial charge in [0.1, 0.15) is 5.69 Å². The second-order valence-corrected chi connectivity index (χ2v) is 8.00. The number of primary amides is 1. The number of fused-ring (bicyclic) bond motifs is 1. The highest BCUT2D eigenvalue weighted by Crippen LogP contribution is 2.37. The summed E-state index contributed by atoms with van der Waals surface area (Å²) in [5, 5.41) is 0.718. The third-order valence-corrected chi connectivity index (χ3v) is 5.93. The number of benzene rings is 1. The van der Waals surface area contributed by atoms with Crippen LogP contribution in [-0.4, -0.2) is 52.9 Å². The zero-order chi connectivity index (χ0) is 22.8. The summed E-state index contributed by atoms with van der Waals surface area (Å²) >= 11 is 0. The van der Waals surface area contributed by atoms with Gasteiger partial charge in [0.25, 0.3) is 11.8 Å². The number of nitrogen functional groups attached to an aromatic ring is 1. The number of rotatable bonds is 5. The fourth-order valence-electron chi connectivity index (χ4n) is 4.29. The van der Waals surface area contributed by atoms with Crippen LogP contribution in [0.5, 0.6) is 0 Å². The van der Waals surface area contributed by atoms with E-state index in [-0.39, 0.29) is 17.6 Å². The van der Waals surface area contributed by atoms with Crippen LogP contribution in [-0.2, 0) is 4.79 Å². The van der Waals surface area contributed by atoms with Crippen LogP contribution in [0.3, 0.4) is 0 Å². The third-order valence-electron chi connectivity index (χ3n) is 5.93. The maximum atomic E-state index is 13.0. The first-order chi connectivity index (χ1) is 15.4. The number of anilines is 2. The monoisotopic (exact) mass is 430 g/mol. The number of aromatic nitrogens is 2. The zero-order valence-corrected chi connectivity index (χ0v) is 18.0. The summed E-state index contributed by atoms with van der Waals surface area (Å²) in [6.07, 6.45) is 6.08. The lowest BCUT2D eigenvalue weighted by Gasteiger charge is -2.37. The van der Waals surface area contributed by atoms with E-state index in [2.05, 4.69) is 28.5 Å². The zero-order valence-electron chi connectivity index (χ0n) is 18.0. The Kier molecular flexibility index (Phi) is 5.87. The molecule has 0 spiro atoms. The molecule has 2 aromatic heterocycles. The van der Waals surface area contributed by atoms with Crippen molar-refractivity contribution in [3.8, 4) is 11.1 Å². The van der Waals surface area contributed by atoms with Gasteiger partial charge in [0, 0.05) is 23.2 Å². The molecule has 0 bridgehead atoms. The van der Waals surface area contributed by atoms with Crippen molar-refractivity contribution in [1.29, 1.82) is 0 Å². The number of hydrogen-bond acceptors (Lipinski definition) is 6. The lowest BCUT2D eigenvalue weighted by atomic mass is 9.98. The van der Waals surface area contributed by atoms with Gasteiger partial charge in [-0.25, -0.2) is 0 Å². The summed E-state index contributed by atoms with van der Waals surface area (Å²) in [5.74, 6) is -0.815. The van der Waals surface area contributed by atoms with Crippen LogP contribution in [0, 0.1) is 0 Å². The molecule has 4 N–H and O–H groups in total. The number of nitrogens with two attached hydrogens (primary N) is 2. The van der Waals surface area contributed by atoms with Crippen molar-refractivity contribution >= 4 is 34.1 Å². The molecule has 3 aromatic rings. The predicted molar refractivity (Wildman–Crippen MR) is 126 cm³/mol. The summed E-state index contributed by atoms with van der Waals surface area (Å²) < 4.78 is 0. The highest BCUT2D eigenvalue weighted by Gasteiger charge is 2.30. The molecule has 32 heavy (non-hydrogen) atoms. The maximum absolute atomic E-state index is 13.0. The number of amides is 2. The van der Waals surface area contributed by atoms with Crippen LogP contribution >= 0.6 is 0 Å². The molecule has 0 aliphatic carbocycles. The third kappa shape index (κ3) is 3.92. The second-order valence-electron chi connectivity index (χ2n) is 8.00. The number of likely N-dealkylation sites (tertiary alicyclic amines) is 1. The second kappa shape index (κ2) is 8.76. The summed E-state index contributed by atoms with van der Waals surface area (Å²) in [6.45, 7) is 5.48. The standard InChI is InChI=1S/C24H26N6O2/c1-3-21(31)30(16-8-11-29(2)12-9-16)23-18-13-15(6-7-20(18)28-14-19(23)25)17-5-4-10-27-22(17)24(26)32/h3-7,10,13-14,16H,1,8-9,11-12,25H2,2H3,(H2,26,32). The molecule has 0 unspecified atom stereocenters. The van der Waals surface area contributed by atoms with Gasteiger partial charge in [-0.1, -0.05) is 18.7 Å². The van der Waals surface area contributed by atoms with Crippen LogP contribution in [0.2, 0.25) is 0 Å². The van der Waals surface area contributed by atoms with Gasteiger partial charge in [0.2, 0.25) is 0 Å². The Labute approximate surface area is 186 Å². The van der Waals surface area contributed by atoms with E-state index in [0.717, 1.165) is 36.9 Å². The first kappa shape index (κ1) is 21.5. The molecule has 1 fully saturated rings. The van der Waals surface area contributed by atoms with Gasteiger partial charge >= 0.3 is 0 Å². The quantitative estimate of drug-likeness (QED) is 0.601. The molecular formula is C24H26N6O2. The number of carbonyl (C=O) groups excluding carboxylic acids is 2. The van der Waals surface area contributed by atoms with Crippen LogP contribution in [0.1, 0.15) is 23.3 Å². The molecule has 1 aliphatic heterocycles. The molecule has 0 atom stereocenters. The van der Waals surface area contributed by atoms with Crippen molar-refractivity contribution in [3.05, 3.63) is 61.1 Å². The molecule has 164 valence electrons. The number of pyridine rings is 2. The number of nitrogens with zero attached hydrogens (tertiary/aromatic N) is 4. The van der Waals surface area contributed by atoms with Gasteiger partial charge in [-0.3, -0.25) is 19.6 Å². The fourth-order valence-corrected chi connectivity index (χ4v) is 4.29. The number of hydrogen-bond donors (Lipinski definition) is 2. The van der Waals surface area contributed by atoms with Crippen molar-refractivity contribution < 1.29 is 9.59 Å². The molecule has 8 nitrogen and oxygen atoms in total. The van der Waals surface area contributed by atoms with E-state index in [1.165, 1.54) is 12.3 Å². The molecular weight excluding hydrogens is 404 g/mol. The van der Waals surface area contributed by atoms with Gasteiger partial charge in [0.15, 0.2) is 0 Å². The molecule has 0 radical (unpaired) electrons. The van der Waals surface area contributed by atoms with Crippen molar-refractivity contribution in [2.24, 2.45) is 5.73 Å². The van der Waals surface area contributed by atoms with Gasteiger partial charge in [-0.05, 0) is 62.8 Å². The summed E-state index contributed by atoms with van der Waals surface area (Å²) in [7, 11) is 2.07. The molecule has 4 rings (SSSR count). The van der Waals surface area contributed by atoms with Gasteiger partial charge in [-0.15, -0.1) is 0 Å². The normalized spacial score (nSPS) is 14.9. The Morgan fingerprint density at radius 2 is 1.97 bits per heavy atom. The fraction of sp³-hybridized carbons (Fsp3) is 0.250. The predicted octanol–water partition coefficient (Wildman–Crippen LogP) is 2.59. The van der Waals surface area contributed by atoms with E-state index in [1.54, 1.807) is 23.2 Å². The van der Waals surface area contributed by atoms with Crippen molar-refractivity contribution in [2.75, 3.05) is 30.8 Å². The average Bonchev–Trinajstić information content (AvgIpc) is 2.81. The molecule has 1 aliphatic rings. The Morgan fingerprint density at radius 3 is 2.66 bits per heavy atom. The molecule has 0 saturated carbocycles. The van der Waals surface area contributed by atoms with Crippen LogP contribution in [0.4, 0.5) is 11.4 Å². The summed E-state index contributed by atoms with van der Waals surface area (Å²) in [6, 6.07) is 9.11. The first-order valence-corrected chi connectivity index (χ1v) is 10.5. The molecule has 3 heterocycles. The number of piperidine rings is 1. The minimum Gasteiger partial charge on any atom is -0.396 e. The van der Waals surface area contributed by atoms with Gasteiger partial charge in [0.05, 0.1) is 23.1 Å². The summed E-state index contributed by atoms with van der Waals surface area (Å²) in [4.78, 5) is 37.5. The average molecular weight is 431 g/mol. The van der Waals surface area contributed by atoms with Gasteiger partial charge in [-0.2, -0.15) is 0 Å². The van der Waals surface area contributed by atoms with E-state index >= 15 is 0 Å². The van der Waals surface area contributed by atoms with Crippen molar-refractivity contribution in [3.63, 3.8) is 0 Å². The lowest BCUT2D eigenvalue weighted by molar-refractivity contribution is -0.114. The van der Waals surface area contributed by atoms with Crippen LogP contribution in [0.25, 0.3) is 22.0 Å². The first-order valence-electron chi connectivity index (χ1n) is 10.5. The Morgan fingerprint density at radius 1 is 1.22 bits per heavy atom. The van der Waals surface area contributed by atoms with Crippen molar-refractivity contribution in [1.82, 2.24) is 14.9 Å². The SMILES string of the molecule is C=CC(=O)N(c1c(N)cnc2ccc(-c3cccnc3C(N)=O)cc12)C1CCN(C)CC1. The smallest absolute Gasteiger partial charge is 0.267 e. The Balaban J connectivity index is 1.91. The van der Waals surface area contributed by atoms with Crippen LogP contribution in [0.15, 0.2) is 55.4 Å². The number of carbonyl (C=O) groups is 2. The minimum absolute atomic E-state index is 0.00664. The highest BCUT2D eigenvalue weighted by molar-refractivity contribution is 6.11. The van der Waals surface area contributed by atoms with Crippen molar-refractivity contribution in [2.45, 2.75) is 18.9 Å². The minimum atomic E-state index is -0.610.